The summed E-state index contributed by atoms with van der Waals surface area (Å²) in [6.07, 6.45) is 4.53. The van der Waals surface area contributed by atoms with Crippen LogP contribution in [-0.4, -0.2) is 20.8 Å². The zero-order chi connectivity index (χ0) is 11.0. The summed E-state index contributed by atoms with van der Waals surface area (Å²) in [6.45, 7) is 0.701. The van der Waals surface area contributed by atoms with Gasteiger partial charge in [-0.3, -0.25) is 0 Å². The van der Waals surface area contributed by atoms with Gasteiger partial charge in [-0.05, 0) is 17.9 Å². The fourth-order valence-electron chi connectivity index (χ4n) is 2.16. The van der Waals surface area contributed by atoms with E-state index in [1.807, 2.05) is 0 Å². The number of aliphatic hydroxyl groups is 1. The molecule has 1 unspecified atom stereocenters. The number of aryl methyl sites for hydroxylation is 1. The lowest BCUT2D eigenvalue weighted by Gasteiger charge is -2.18. The number of aromatic nitrogens is 2. The molecule has 0 bridgehead atoms. The van der Waals surface area contributed by atoms with E-state index in [1.165, 1.54) is 4.88 Å². The number of hydrogen-bond acceptors (Lipinski definition) is 3. The summed E-state index contributed by atoms with van der Waals surface area (Å²) >= 11 is 1.77. The monoisotopic (exact) mass is 234 g/mol. The molecule has 0 aromatic carbocycles. The van der Waals surface area contributed by atoms with Crippen molar-refractivity contribution in [2.75, 3.05) is 0 Å². The maximum atomic E-state index is 9.58. The molecule has 3 nitrogen and oxygen atoms in total. The Labute approximate surface area is 98.4 Å². The third-order valence-electron chi connectivity index (χ3n) is 2.95. The van der Waals surface area contributed by atoms with Crippen molar-refractivity contribution in [1.82, 2.24) is 9.55 Å². The minimum Gasteiger partial charge on any atom is -0.391 e. The maximum absolute atomic E-state index is 9.58. The quantitative estimate of drug-likeness (QED) is 0.861. The lowest BCUT2D eigenvalue weighted by molar-refractivity contribution is 0.130. The maximum Gasteiger partial charge on any atom is 0.109 e. The van der Waals surface area contributed by atoms with E-state index in [-0.39, 0.29) is 6.10 Å². The van der Waals surface area contributed by atoms with Gasteiger partial charge in [0.2, 0.25) is 0 Å². The van der Waals surface area contributed by atoms with Crippen LogP contribution in [0.15, 0.2) is 23.7 Å². The topological polar surface area (TPSA) is 38.1 Å². The zero-order valence-corrected chi connectivity index (χ0v) is 9.78. The van der Waals surface area contributed by atoms with E-state index in [1.54, 1.807) is 11.3 Å². The van der Waals surface area contributed by atoms with Crippen LogP contribution in [0.1, 0.15) is 22.8 Å². The van der Waals surface area contributed by atoms with Gasteiger partial charge in [-0.1, -0.05) is 6.07 Å². The van der Waals surface area contributed by atoms with Crippen molar-refractivity contribution in [2.45, 2.75) is 31.9 Å². The van der Waals surface area contributed by atoms with E-state index < -0.39 is 0 Å². The molecule has 3 rings (SSSR count). The number of aliphatic hydroxyl groups excluding tert-OH is 1. The van der Waals surface area contributed by atoms with Crippen molar-refractivity contribution in [2.24, 2.45) is 0 Å². The first-order valence-electron chi connectivity index (χ1n) is 5.56. The van der Waals surface area contributed by atoms with Gasteiger partial charge in [0.1, 0.15) is 5.82 Å². The third kappa shape index (κ3) is 1.90. The Bertz CT molecular complexity index is 475. The highest BCUT2D eigenvalue weighted by atomic mass is 32.1. The van der Waals surface area contributed by atoms with Crippen LogP contribution in [-0.2, 0) is 19.4 Å². The van der Waals surface area contributed by atoms with E-state index in [0.717, 1.165) is 30.8 Å². The Morgan fingerprint density at radius 2 is 2.50 bits per heavy atom. The molecule has 2 aromatic rings. The summed E-state index contributed by atoms with van der Waals surface area (Å²) in [4.78, 5) is 5.96. The van der Waals surface area contributed by atoms with Crippen molar-refractivity contribution in [3.05, 3.63) is 40.1 Å². The number of thiophene rings is 1. The highest BCUT2D eigenvalue weighted by molar-refractivity contribution is 7.09. The molecule has 0 spiro atoms. The Hall–Kier alpha value is -1.13. The number of rotatable bonds is 2. The predicted molar refractivity (Wildman–Crippen MR) is 63.7 cm³/mol. The van der Waals surface area contributed by atoms with Crippen LogP contribution in [0, 0.1) is 0 Å². The standard InChI is InChI=1S/C12H14N2OS/c15-10-3-4-12-13-9(7-14(12)8-10)6-11-2-1-5-16-11/h1-2,5,7,10,15H,3-4,6,8H2. The van der Waals surface area contributed by atoms with Crippen LogP contribution in [0.25, 0.3) is 0 Å². The van der Waals surface area contributed by atoms with E-state index in [0.29, 0.717) is 6.54 Å². The third-order valence-corrected chi connectivity index (χ3v) is 3.83. The molecule has 1 atom stereocenters. The van der Waals surface area contributed by atoms with Crippen LogP contribution in [0.4, 0.5) is 0 Å². The molecule has 1 aliphatic rings. The Morgan fingerprint density at radius 3 is 3.31 bits per heavy atom. The highest BCUT2D eigenvalue weighted by Crippen LogP contribution is 2.18. The molecule has 1 N–H and O–H groups in total. The number of hydrogen-bond donors (Lipinski definition) is 1. The summed E-state index contributed by atoms with van der Waals surface area (Å²) in [6, 6.07) is 4.21. The Morgan fingerprint density at radius 1 is 1.56 bits per heavy atom. The molecule has 0 saturated carbocycles. The normalized spacial score (nSPS) is 19.7. The molecule has 4 heteroatoms. The van der Waals surface area contributed by atoms with Gasteiger partial charge < -0.3 is 9.67 Å². The van der Waals surface area contributed by atoms with Crippen molar-refractivity contribution in [1.29, 1.82) is 0 Å². The van der Waals surface area contributed by atoms with Crippen LogP contribution in [0.3, 0.4) is 0 Å². The fourth-order valence-corrected chi connectivity index (χ4v) is 2.88. The van der Waals surface area contributed by atoms with E-state index in [9.17, 15) is 5.11 Å². The predicted octanol–water partition coefficient (Wildman–Crippen LogP) is 1.84. The largest absolute Gasteiger partial charge is 0.391 e. The first kappa shape index (κ1) is 10.1. The molecule has 0 amide bonds. The number of fused-ring (bicyclic) bond motifs is 1. The second-order valence-electron chi connectivity index (χ2n) is 4.25. The molecule has 0 radical (unpaired) electrons. The molecule has 2 aromatic heterocycles. The lowest BCUT2D eigenvalue weighted by Crippen LogP contribution is -2.23. The minimum atomic E-state index is -0.198. The summed E-state index contributed by atoms with van der Waals surface area (Å²) in [5.74, 6) is 1.12. The van der Waals surface area contributed by atoms with Crippen LogP contribution in [0.5, 0.6) is 0 Å². The van der Waals surface area contributed by atoms with Crippen LogP contribution >= 0.6 is 11.3 Å². The number of imidazole rings is 1. The fraction of sp³-hybridized carbons (Fsp3) is 0.417. The van der Waals surface area contributed by atoms with E-state index in [4.69, 9.17) is 0 Å². The summed E-state index contributed by atoms with van der Waals surface area (Å²) in [7, 11) is 0. The van der Waals surface area contributed by atoms with Crippen LogP contribution in [0.2, 0.25) is 0 Å². The van der Waals surface area contributed by atoms with Crippen molar-refractivity contribution in [3.63, 3.8) is 0 Å². The van der Waals surface area contributed by atoms with Crippen molar-refractivity contribution >= 4 is 11.3 Å². The van der Waals surface area contributed by atoms with E-state index in [2.05, 4.69) is 33.3 Å². The van der Waals surface area contributed by atoms with Crippen LogP contribution < -0.4 is 0 Å². The summed E-state index contributed by atoms with van der Waals surface area (Å²) in [5, 5.41) is 11.7. The highest BCUT2D eigenvalue weighted by Gasteiger charge is 2.18. The number of nitrogens with zero attached hydrogens (tertiary/aromatic N) is 2. The van der Waals surface area contributed by atoms with Gasteiger partial charge in [0.15, 0.2) is 0 Å². The molecule has 16 heavy (non-hydrogen) atoms. The van der Waals surface area contributed by atoms with Gasteiger partial charge in [-0.2, -0.15) is 0 Å². The molecular weight excluding hydrogens is 220 g/mol. The smallest absolute Gasteiger partial charge is 0.109 e. The van der Waals surface area contributed by atoms with Gasteiger partial charge in [0.25, 0.3) is 0 Å². The van der Waals surface area contributed by atoms with Gasteiger partial charge in [-0.15, -0.1) is 11.3 Å². The first-order chi connectivity index (χ1) is 7.81. The summed E-state index contributed by atoms with van der Waals surface area (Å²) in [5.41, 5.74) is 1.12. The van der Waals surface area contributed by atoms with Gasteiger partial charge in [0, 0.05) is 30.5 Å². The van der Waals surface area contributed by atoms with Crippen molar-refractivity contribution in [3.8, 4) is 0 Å². The molecular formula is C12H14N2OS. The minimum absolute atomic E-state index is 0.198. The first-order valence-corrected chi connectivity index (χ1v) is 6.44. The Kier molecular flexibility index (Phi) is 2.53. The van der Waals surface area contributed by atoms with Crippen molar-refractivity contribution < 1.29 is 5.11 Å². The molecule has 3 heterocycles. The molecule has 1 aliphatic heterocycles. The average Bonchev–Trinajstić information content (AvgIpc) is 2.86. The molecule has 84 valence electrons. The zero-order valence-electron chi connectivity index (χ0n) is 8.97. The molecule has 0 fully saturated rings. The summed E-state index contributed by atoms with van der Waals surface area (Å²) < 4.78 is 2.09. The second kappa shape index (κ2) is 4.03. The SMILES string of the molecule is OC1CCc2nc(Cc3cccs3)cn2C1. The van der Waals surface area contributed by atoms with Gasteiger partial charge in [-0.25, -0.2) is 4.98 Å². The molecule has 0 saturated heterocycles. The molecule has 0 aliphatic carbocycles. The average molecular weight is 234 g/mol. The van der Waals surface area contributed by atoms with Gasteiger partial charge in [0.05, 0.1) is 11.8 Å². The Balaban J connectivity index is 1.82. The van der Waals surface area contributed by atoms with Gasteiger partial charge >= 0.3 is 0 Å². The van der Waals surface area contributed by atoms with E-state index >= 15 is 0 Å². The lowest BCUT2D eigenvalue weighted by atomic mass is 10.1. The second-order valence-corrected chi connectivity index (χ2v) is 5.28.